The number of aliphatic hydroxyl groups is 1. The number of aromatic nitrogens is 3. The first kappa shape index (κ1) is 22.7. The number of fused-ring (bicyclic) bond motifs is 1. The van der Waals surface area contributed by atoms with Gasteiger partial charge < -0.3 is 20.5 Å². The van der Waals surface area contributed by atoms with Gasteiger partial charge in [0.2, 0.25) is 0 Å². The molecule has 178 valence electrons. The van der Waals surface area contributed by atoms with Gasteiger partial charge in [-0.15, -0.1) is 0 Å². The standard InChI is InChI=1S/C27H25FN4O3/c1-27(2,35)12-11-19-15-23(31-32(19)18-8-9-18)26(34)30-25(20-14-17(28)7-10-24(20)33)22-13-16-5-3-4-6-21(16)29-22/h3-7,10,13-15,18,25,29,33,35H,8-9H2,1-2H3,(H,30,34). The number of nitrogens with one attached hydrogen (secondary N) is 2. The molecule has 1 saturated carbocycles. The summed E-state index contributed by atoms with van der Waals surface area (Å²) in [6.45, 7) is 3.17. The third-order valence-electron chi connectivity index (χ3n) is 5.80. The van der Waals surface area contributed by atoms with Gasteiger partial charge in [0.25, 0.3) is 5.91 Å². The molecule has 2 aromatic carbocycles. The summed E-state index contributed by atoms with van der Waals surface area (Å²) in [5.41, 5.74) is 1.15. The number of hydrogen-bond donors (Lipinski definition) is 4. The molecule has 0 aliphatic heterocycles. The van der Waals surface area contributed by atoms with Crippen molar-refractivity contribution in [1.82, 2.24) is 20.1 Å². The molecular formula is C27H25FN4O3. The molecule has 2 aromatic heterocycles. The fraction of sp³-hybridized carbons (Fsp3) is 0.259. The number of rotatable bonds is 5. The van der Waals surface area contributed by atoms with Crippen LogP contribution in [0, 0.1) is 17.7 Å². The average molecular weight is 473 g/mol. The number of para-hydroxylation sites is 1. The van der Waals surface area contributed by atoms with E-state index in [-0.39, 0.29) is 23.0 Å². The first-order valence-corrected chi connectivity index (χ1v) is 11.4. The van der Waals surface area contributed by atoms with E-state index >= 15 is 0 Å². The molecular weight excluding hydrogens is 447 g/mol. The van der Waals surface area contributed by atoms with Crippen molar-refractivity contribution in [2.75, 3.05) is 0 Å². The van der Waals surface area contributed by atoms with Crippen LogP contribution in [0.5, 0.6) is 5.75 Å². The van der Waals surface area contributed by atoms with Crippen molar-refractivity contribution in [3.05, 3.63) is 83.1 Å². The van der Waals surface area contributed by atoms with Gasteiger partial charge in [-0.25, -0.2) is 4.39 Å². The lowest BCUT2D eigenvalue weighted by Crippen LogP contribution is -2.30. The van der Waals surface area contributed by atoms with Crippen molar-refractivity contribution >= 4 is 16.8 Å². The molecule has 5 rings (SSSR count). The Hall–Kier alpha value is -4.09. The fourth-order valence-corrected chi connectivity index (χ4v) is 3.95. The summed E-state index contributed by atoms with van der Waals surface area (Å²) in [7, 11) is 0. The summed E-state index contributed by atoms with van der Waals surface area (Å²) < 4.78 is 15.8. The van der Waals surface area contributed by atoms with Gasteiger partial charge in [-0.05, 0) is 68.3 Å². The fourth-order valence-electron chi connectivity index (χ4n) is 3.95. The van der Waals surface area contributed by atoms with Crippen LogP contribution in [0.3, 0.4) is 0 Å². The van der Waals surface area contributed by atoms with Crippen LogP contribution in [0.25, 0.3) is 10.9 Å². The van der Waals surface area contributed by atoms with Crippen LogP contribution in [0.1, 0.15) is 66.2 Å². The highest BCUT2D eigenvalue weighted by Crippen LogP contribution is 2.36. The van der Waals surface area contributed by atoms with Gasteiger partial charge in [-0.1, -0.05) is 24.1 Å². The molecule has 0 bridgehead atoms. The van der Waals surface area contributed by atoms with Crippen molar-refractivity contribution in [2.45, 2.75) is 44.4 Å². The van der Waals surface area contributed by atoms with Crippen LogP contribution in [0.4, 0.5) is 4.39 Å². The average Bonchev–Trinajstić information content (AvgIpc) is 3.41. The Labute approximate surface area is 201 Å². The summed E-state index contributed by atoms with van der Waals surface area (Å²) in [6.07, 6.45) is 1.88. The highest BCUT2D eigenvalue weighted by molar-refractivity contribution is 5.93. The van der Waals surface area contributed by atoms with Crippen LogP contribution in [0.2, 0.25) is 0 Å². The van der Waals surface area contributed by atoms with Crippen molar-refractivity contribution in [2.24, 2.45) is 0 Å². The van der Waals surface area contributed by atoms with E-state index in [0.717, 1.165) is 29.8 Å². The number of nitrogens with zero attached hydrogens (tertiary/aromatic N) is 2. The smallest absolute Gasteiger partial charge is 0.272 e. The van der Waals surface area contributed by atoms with E-state index in [4.69, 9.17) is 0 Å². The number of hydrogen-bond acceptors (Lipinski definition) is 4. The Morgan fingerprint density at radius 2 is 2.00 bits per heavy atom. The molecule has 2 heterocycles. The Bertz CT molecular complexity index is 1450. The lowest BCUT2D eigenvalue weighted by molar-refractivity contribution is 0.0936. The van der Waals surface area contributed by atoms with Crippen molar-refractivity contribution in [1.29, 1.82) is 0 Å². The van der Waals surface area contributed by atoms with Gasteiger partial charge in [0.1, 0.15) is 22.9 Å². The first-order chi connectivity index (χ1) is 16.7. The zero-order chi connectivity index (χ0) is 24.7. The first-order valence-electron chi connectivity index (χ1n) is 11.4. The molecule has 0 saturated heterocycles. The number of benzene rings is 2. The van der Waals surface area contributed by atoms with Crippen molar-refractivity contribution in [3.8, 4) is 17.6 Å². The number of carbonyl (C=O) groups excluding carboxylic acids is 1. The number of halogens is 1. The van der Waals surface area contributed by atoms with Crippen LogP contribution >= 0.6 is 0 Å². The van der Waals surface area contributed by atoms with Gasteiger partial charge in [-0.3, -0.25) is 9.48 Å². The zero-order valence-electron chi connectivity index (χ0n) is 19.3. The van der Waals surface area contributed by atoms with Gasteiger partial charge in [0, 0.05) is 22.8 Å². The van der Waals surface area contributed by atoms with Gasteiger partial charge in [0.15, 0.2) is 5.69 Å². The number of phenols is 1. The third kappa shape index (κ3) is 4.91. The summed E-state index contributed by atoms with van der Waals surface area (Å²) in [5.74, 6) is 4.52. The monoisotopic (exact) mass is 472 g/mol. The summed E-state index contributed by atoms with van der Waals surface area (Å²) in [6, 6.07) is 14.0. The number of aromatic hydroxyl groups is 1. The van der Waals surface area contributed by atoms with E-state index in [2.05, 4.69) is 27.2 Å². The minimum absolute atomic E-state index is 0.143. The second-order valence-corrected chi connectivity index (χ2v) is 9.32. The Morgan fingerprint density at radius 1 is 1.23 bits per heavy atom. The molecule has 4 aromatic rings. The topological polar surface area (TPSA) is 103 Å². The molecule has 1 aliphatic carbocycles. The van der Waals surface area contributed by atoms with E-state index in [1.165, 1.54) is 12.1 Å². The minimum Gasteiger partial charge on any atom is -0.508 e. The Morgan fingerprint density at radius 3 is 2.71 bits per heavy atom. The van der Waals surface area contributed by atoms with Crippen molar-refractivity contribution in [3.63, 3.8) is 0 Å². The van der Waals surface area contributed by atoms with E-state index < -0.39 is 23.4 Å². The number of carbonyl (C=O) groups is 1. The molecule has 0 spiro atoms. The Balaban J connectivity index is 1.53. The molecule has 1 aliphatic rings. The van der Waals surface area contributed by atoms with E-state index in [9.17, 15) is 19.4 Å². The predicted octanol–water partition coefficient (Wildman–Crippen LogP) is 4.19. The minimum atomic E-state index is -1.18. The Kier molecular flexibility index (Phi) is 5.58. The summed E-state index contributed by atoms with van der Waals surface area (Å²) in [5, 5.41) is 28.8. The van der Waals surface area contributed by atoms with Crippen molar-refractivity contribution < 1.29 is 19.4 Å². The predicted molar refractivity (Wildman–Crippen MR) is 129 cm³/mol. The van der Waals surface area contributed by atoms with Gasteiger partial charge in [-0.2, -0.15) is 5.10 Å². The lowest BCUT2D eigenvalue weighted by Gasteiger charge is -2.19. The number of H-pyrrole nitrogens is 1. The second kappa shape index (κ2) is 8.60. The maximum Gasteiger partial charge on any atom is 0.272 e. The molecule has 1 atom stereocenters. The van der Waals surface area contributed by atoms with Gasteiger partial charge >= 0.3 is 0 Å². The van der Waals surface area contributed by atoms with Crippen LogP contribution in [-0.4, -0.2) is 36.5 Å². The molecule has 4 N–H and O–H groups in total. The van der Waals surface area contributed by atoms with E-state index in [0.29, 0.717) is 11.4 Å². The van der Waals surface area contributed by atoms with Gasteiger partial charge in [0.05, 0.1) is 12.1 Å². The molecule has 0 radical (unpaired) electrons. The maximum atomic E-state index is 14.1. The molecule has 8 heteroatoms. The lowest BCUT2D eigenvalue weighted by atomic mass is 10.0. The number of phenolic OH excluding ortho intramolecular Hbond substituents is 1. The molecule has 1 amide bonds. The highest BCUT2D eigenvalue weighted by Gasteiger charge is 2.30. The van der Waals surface area contributed by atoms with Crippen LogP contribution in [-0.2, 0) is 0 Å². The largest absolute Gasteiger partial charge is 0.508 e. The quantitative estimate of drug-likeness (QED) is 0.327. The highest BCUT2D eigenvalue weighted by atomic mass is 19.1. The van der Waals surface area contributed by atoms with Crippen LogP contribution < -0.4 is 5.32 Å². The molecule has 1 unspecified atom stereocenters. The van der Waals surface area contributed by atoms with Crippen LogP contribution in [0.15, 0.2) is 54.6 Å². The summed E-state index contributed by atoms with van der Waals surface area (Å²) in [4.78, 5) is 16.6. The third-order valence-corrected chi connectivity index (χ3v) is 5.80. The number of amides is 1. The summed E-state index contributed by atoms with van der Waals surface area (Å²) >= 11 is 0. The SMILES string of the molecule is CC(C)(O)C#Cc1cc(C(=O)NC(c2cc3ccccc3[nH]2)c2cc(F)ccc2O)nn1C1CC1. The molecule has 7 nitrogen and oxygen atoms in total. The second-order valence-electron chi connectivity index (χ2n) is 9.32. The normalized spacial score (nSPS) is 14.4. The number of aromatic amines is 1. The molecule has 35 heavy (non-hydrogen) atoms. The van der Waals surface area contributed by atoms with E-state index in [1.807, 2.05) is 30.3 Å². The maximum absolute atomic E-state index is 14.1. The van der Waals surface area contributed by atoms with E-state index in [1.54, 1.807) is 24.6 Å². The zero-order valence-corrected chi connectivity index (χ0v) is 19.3. The molecule has 1 fully saturated rings.